The molecule has 1 amide bonds. The fourth-order valence-corrected chi connectivity index (χ4v) is 3.06. The van der Waals surface area contributed by atoms with E-state index in [1.165, 1.54) is 0 Å². The van der Waals surface area contributed by atoms with Gasteiger partial charge in [0.15, 0.2) is 0 Å². The molecular weight excluding hydrogens is 318 g/mol. The van der Waals surface area contributed by atoms with Crippen LogP contribution in [0.1, 0.15) is 38.5 Å². The van der Waals surface area contributed by atoms with Crippen LogP contribution >= 0.6 is 11.6 Å². The Morgan fingerprint density at radius 1 is 1.26 bits per heavy atom. The maximum atomic E-state index is 12.4. The van der Waals surface area contributed by atoms with Crippen LogP contribution in [0, 0.1) is 0 Å². The van der Waals surface area contributed by atoms with Crippen LogP contribution in [0.2, 0.25) is 5.02 Å². The highest BCUT2D eigenvalue weighted by atomic mass is 35.5. The van der Waals surface area contributed by atoms with Gasteiger partial charge < -0.3 is 14.7 Å². The number of carbonyl (C=O) groups excluding carboxylic acids is 1. The maximum absolute atomic E-state index is 12.4. The molecule has 1 aromatic rings. The van der Waals surface area contributed by atoms with Crippen molar-refractivity contribution >= 4 is 23.5 Å². The van der Waals surface area contributed by atoms with Crippen LogP contribution < -0.4 is 4.74 Å². The topological polar surface area (TPSA) is 66.8 Å². The zero-order valence-electron chi connectivity index (χ0n) is 13.0. The Hall–Kier alpha value is -1.75. The monoisotopic (exact) mass is 339 g/mol. The zero-order chi connectivity index (χ0) is 16.7. The third-order valence-corrected chi connectivity index (χ3v) is 4.36. The Labute approximate surface area is 141 Å². The van der Waals surface area contributed by atoms with Gasteiger partial charge in [0.2, 0.25) is 5.91 Å². The molecule has 1 N–H and O–H groups in total. The summed E-state index contributed by atoms with van der Waals surface area (Å²) < 4.78 is 5.56. The van der Waals surface area contributed by atoms with E-state index in [1.54, 1.807) is 12.1 Å². The number of likely N-dealkylation sites (tertiary alicyclic amines) is 1. The highest BCUT2D eigenvalue weighted by Gasteiger charge is 2.26. The summed E-state index contributed by atoms with van der Waals surface area (Å²) in [4.78, 5) is 25.0. The van der Waals surface area contributed by atoms with Crippen molar-refractivity contribution in [1.82, 2.24) is 4.90 Å². The van der Waals surface area contributed by atoms with Crippen molar-refractivity contribution < 1.29 is 19.4 Å². The van der Waals surface area contributed by atoms with Crippen LogP contribution in [0.15, 0.2) is 24.3 Å². The van der Waals surface area contributed by atoms with Crippen molar-refractivity contribution in [2.24, 2.45) is 0 Å². The number of benzene rings is 1. The minimum atomic E-state index is -0.815. The number of carboxylic acids is 1. The number of piperidine rings is 1. The molecule has 2 rings (SSSR count). The molecular formula is C17H22ClNO4. The molecule has 126 valence electrons. The lowest BCUT2D eigenvalue weighted by molar-refractivity contribution is -0.140. The highest BCUT2D eigenvalue weighted by Crippen LogP contribution is 2.24. The minimum absolute atomic E-state index is 0.0205. The standard InChI is InChI=1S/C17H22ClNO4/c18-14-6-1-2-7-15(14)23-12-10-16(20)19-11-4-3-5-13(19)8-9-17(21)22/h1-2,6-7,13H,3-5,8-12H2,(H,21,22). The van der Waals surface area contributed by atoms with Gasteiger partial charge in [0.1, 0.15) is 5.75 Å². The summed E-state index contributed by atoms with van der Waals surface area (Å²) in [6.07, 6.45) is 3.79. The maximum Gasteiger partial charge on any atom is 0.303 e. The molecule has 0 aromatic heterocycles. The molecule has 23 heavy (non-hydrogen) atoms. The molecule has 6 heteroatoms. The molecule has 1 fully saturated rings. The first kappa shape index (κ1) is 17.6. The van der Waals surface area contributed by atoms with Crippen LogP contribution in [-0.4, -0.2) is 41.1 Å². The van der Waals surface area contributed by atoms with Crippen LogP contribution in [-0.2, 0) is 9.59 Å². The van der Waals surface area contributed by atoms with Gasteiger partial charge in [-0.25, -0.2) is 0 Å². The van der Waals surface area contributed by atoms with Crippen molar-refractivity contribution in [1.29, 1.82) is 0 Å². The number of para-hydroxylation sites is 1. The molecule has 5 nitrogen and oxygen atoms in total. The molecule has 1 unspecified atom stereocenters. The number of rotatable bonds is 7. The fraction of sp³-hybridized carbons (Fsp3) is 0.529. The van der Waals surface area contributed by atoms with Crippen molar-refractivity contribution in [3.05, 3.63) is 29.3 Å². The number of halogens is 1. The first-order valence-corrected chi connectivity index (χ1v) is 8.34. The molecule has 1 aliphatic heterocycles. The smallest absolute Gasteiger partial charge is 0.303 e. The highest BCUT2D eigenvalue weighted by molar-refractivity contribution is 6.32. The number of carbonyl (C=O) groups is 2. The Morgan fingerprint density at radius 3 is 2.78 bits per heavy atom. The molecule has 0 radical (unpaired) electrons. The Kier molecular flexibility index (Phi) is 6.71. The van der Waals surface area contributed by atoms with Crippen LogP contribution in [0.4, 0.5) is 0 Å². The number of hydrogen-bond donors (Lipinski definition) is 1. The average Bonchev–Trinajstić information content (AvgIpc) is 2.55. The normalized spacial score (nSPS) is 17.8. The van der Waals surface area contributed by atoms with Gasteiger partial charge in [0, 0.05) is 19.0 Å². The van der Waals surface area contributed by atoms with Crippen molar-refractivity contribution in [2.75, 3.05) is 13.2 Å². The summed E-state index contributed by atoms with van der Waals surface area (Å²) in [5.74, 6) is -0.222. The summed E-state index contributed by atoms with van der Waals surface area (Å²) >= 11 is 6.01. The molecule has 1 aromatic carbocycles. The number of hydrogen-bond acceptors (Lipinski definition) is 3. The molecule has 1 aliphatic rings. The number of nitrogens with zero attached hydrogens (tertiary/aromatic N) is 1. The molecule has 0 aliphatic carbocycles. The summed E-state index contributed by atoms with van der Waals surface area (Å²) in [6, 6.07) is 7.19. The van der Waals surface area contributed by atoms with Gasteiger partial charge >= 0.3 is 5.97 Å². The fourth-order valence-electron chi connectivity index (χ4n) is 2.87. The largest absolute Gasteiger partial charge is 0.491 e. The predicted molar refractivity (Wildman–Crippen MR) is 87.8 cm³/mol. The molecule has 0 spiro atoms. The second-order valence-corrected chi connectivity index (χ2v) is 6.11. The van der Waals surface area contributed by atoms with E-state index in [4.69, 9.17) is 21.4 Å². The first-order valence-electron chi connectivity index (χ1n) is 7.96. The van der Waals surface area contributed by atoms with E-state index in [9.17, 15) is 9.59 Å². The van der Waals surface area contributed by atoms with Gasteiger partial charge in [0.25, 0.3) is 0 Å². The molecule has 1 saturated heterocycles. The number of aliphatic carboxylic acids is 1. The Balaban J connectivity index is 1.83. The van der Waals surface area contributed by atoms with Gasteiger partial charge in [0.05, 0.1) is 18.1 Å². The number of amides is 1. The Bertz CT molecular complexity index is 549. The van der Waals surface area contributed by atoms with Gasteiger partial charge in [-0.05, 0) is 37.8 Å². The Morgan fingerprint density at radius 2 is 2.04 bits per heavy atom. The second-order valence-electron chi connectivity index (χ2n) is 5.70. The zero-order valence-corrected chi connectivity index (χ0v) is 13.8. The average molecular weight is 340 g/mol. The van der Waals surface area contributed by atoms with E-state index in [2.05, 4.69) is 0 Å². The summed E-state index contributed by atoms with van der Waals surface area (Å²) in [5, 5.41) is 9.35. The van der Waals surface area contributed by atoms with Gasteiger partial charge in [-0.3, -0.25) is 9.59 Å². The first-order chi connectivity index (χ1) is 11.1. The van der Waals surface area contributed by atoms with E-state index >= 15 is 0 Å². The van der Waals surface area contributed by atoms with Crippen LogP contribution in [0.25, 0.3) is 0 Å². The third kappa shape index (κ3) is 5.43. The van der Waals surface area contributed by atoms with E-state index in [1.807, 2.05) is 17.0 Å². The lowest BCUT2D eigenvalue weighted by Crippen LogP contribution is -2.44. The van der Waals surface area contributed by atoms with Gasteiger partial charge in [-0.2, -0.15) is 0 Å². The van der Waals surface area contributed by atoms with E-state index in [-0.39, 0.29) is 31.4 Å². The van der Waals surface area contributed by atoms with Gasteiger partial charge in [-0.15, -0.1) is 0 Å². The lowest BCUT2D eigenvalue weighted by atomic mass is 9.97. The number of carboxylic acid groups (broad SMARTS) is 1. The molecule has 1 atom stereocenters. The van der Waals surface area contributed by atoms with E-state index in [0.29, 0.717) is 23.7 Å². The van der Waals surface area contributed by atoms with Crippen LogP contribution in [0.3, 0.4) is 0 Å². The summed E-state index contributed by atoms with van der Waals surface area (Å²) in [7, 11) is 0. The van der Waals surface area contributed by atoms with Crippen LogP contribution in [0.5, 0.6) is 5.75 Å². The third-order valence-electron chi connectivity index (χ3n) is 4.05. The minimum Gasteiger partial charge on any atom is -0.491 e. The van der Waals surface area contributed by atoms with Crippen molar-refractivity contribution in [2.45, 2.75) is 44.6 Å². The second kappa shape index (κ2) is 8.77. The van der Waals surface area contributed by atoms with E-state index in [0.717, 1.165) is 19.3 Å². The summed E-state index contributed by atoms with van der Waals surface area (Å²) in [5.41, 5.74) is 0. The molecule has 0 saturated carbocycles. The van der Waals surface area contributed by atoms with E-state index < -0.39 is 5.97 Å². The molecule has 1 heterocycles. The van der Waals surface area contributed by atoms with Crippen molar-refractivity contribution in [3.63, 3.8) is 0 Å². The quantitative estimate of drug-likeness (QED) is 0.827. The van der Waals surface area contributed by atoms with Crippen molar-refractivity contribution in [3.8, 4) is 5.75 Å². The number of ether oxygens (including phenoxy) is 1. The SMILES string of the molecule is O=C(O)CCC1CCCCN1C(=O)CCOc1ccccc1Cl. The summed E-state index contributed by atoms with van der Waals surface area (Å²) in [6.45, 7) is 0.972. The lowest BCUT2D eigenvalue weighted by Gasteiger charge is -2.35. The molecule has 0 bridgehead atoms. The predicted octanol–water partition coefficient (Wildman–Crippen LogP) is 3.35. The van der Waals surface area contributed by atoms with Gasteiger partial charge in [-0.1, -0.05) is 23.7 Å².